The van der Waals surface area contributed by atoms with Gasteiger partial charge >= 0.3 is 0 Å². The van der Waals surface area contributed by atoms with Crippen molar-refractivity contribution in [3.63, 3.8) is 0 Å². The quantitative estimate of drug-likeness (QED) is 0.712. The molecule has 0 amide bonds. The summed E-state index contributed by atoms with van der Waals surface area (Å²) in [4.78, 5) is 14.1. The summed E-state index contributed by atoms with van der Waals surface area (Å²) >= 11 is 0. The van der Waals surface area contributed by atoms with Crippen LogP contribution in [0.3, 0.4) is 0 Å². The number of rotatable bonds is 2. The second kappa shape index (κ2) is 3.94. The molecule has 0 atom stereocenters. The van der Waals surface area contributed by atoms with Crippen molar-refractivity contribution in [2.75, 3.05) is 0 Å². The highest BCUT2D eigenvalue weighted by molar-refractivity contribution is 5.56. The molecular formula is C14H12N2O. The lowest BCUT2D eigenvalue weighted by molar-refractivity contribution is 0.799. The van der Waals surface area contributed by atoms with Gasteiger partial charge < -0.3 is 9.55 Å². The molecule has 3 nitrogen and oxygen atoms in total. The van der Waals surface area contributed by atoms with E-state index in [0.29, 0.717) is 0 Å². The molecule has 0 aliphatic carbocycles. The molecule has 84 valence electrons. The second-order valence-electron chi connectivity index (χ2n) is 4.05. The van der Waals surface area contributed by atoms with Gasteiger partial charge in [-0.2, -0.15) is 0 Å². The van der Waals surface area contributed by atoms with Crippen molar-refractivity contribution in [1.29, 1.82) is 0 Å². The van der Waals surface area contributed by atoms with Crippen LogP contribution in [0.1, 0.15) is 5.56 Å². The number of nitrogens with zero attached hydrogens (tertiary/aromatic N) is 1. The van der Waals surface area contributed by atoms with Crippen LogP contribution in [0.15, 0.2) is 59.5 Å². The fourth-order valence-electron chi connectivity index (χ4n) is 2.04. The summed E-state index contributed by atoms with van der Waals surface area (Å²) < 4.78 is 2.07. The largest absolute Gasteiger partial charge is 0.342 e. The Labute approximate surface area is 98.7 Å². The van der Waals surface area contributed by atoms with Gasteiger partial charge in [0.15, 0.2) is 0 Å². The molecule has 0 saturated heterocycles. The monoisotopic (exact) mass is 224 g/mol. The summed E-state index contributed by atoms with van der Waals surface area (Å²) in [5.74, 6) is 0. The number of hydrogen-bond acceptors (Lipinski definition) is 1. The summed E-state index contributed by atoms with van der Waals surface area (Å²) in [5.41, 5.74) is 3.00. The minimum atomic E-state index is -0.0481. The Morgan fingerprint density at radius 3 is 2.71 bits per heavy atom. The average molecular weight is 224 g/mol. The molecule has 2 aliphatic rings. The highest BCUT2D eigenvalue weighted by Crippen LogP contribution is 2.18. The minimum Gasteiger partial charge on any atom is -0.342 e. The van der Waals surface area contributed by atoms with Gasteiger partial charge in [-0.3, -0.25) is 4.79 Å². The van der Waals surface area contributed by atoms with Gasteiger partial charge in [-0.25, -0.2) is 0 Å². The van der Waals surface area contributed by atoms with Gasteiger partial charge in [0.25, 0.3) is 5.56 Å². The lowest BCUT2D eigenvalue weighted by Gasteiger charge is -2.11. The molecule has 0 bridgehead atoms. The van der Waals surface area contributed by atoms with Gasteiger partial charge in [-0.1, -0.05) is 30.3 Å². The third-order valence-corrected chi connectivity index (χ3v) is 2.84. The van der Waals surface area contributed by atoms with Crippen molar-refractivity contribution in [3.8, 4) is 11.4 Å². The molecular weight excluding hydrogens is 212 g/mol. The number of aromatic nitrogens is 2. The van der Waals surface area contributed by atoms with Crippen LogP contribution in [0.4, 0.5) is 0 Å². The third-order valence-electron chi connectivity index (χ3n) is 2.84. The topological polar surface area (TPSA) is 37.8 Å². The Kier molecular flexibility index (Phi) is 2.29. The van der Waals surface area contributed by atoms with E-state index in [9.17, 15) is 4.79 Å². The molecule has 0 fully saturated rings. The van der Waals surface area contributed by atoms with E-state index in [4.69, 9.17) is 0 Å². The number of benzene rings is 1. The number of pyridine rings is 1. The minimum absolute atomic E-state index is 0.0481. The molecule has 1 aromatic rings. The zero-order chi connectivity index (χ0) is 11.7. The van der Waals surface area contributed by atoms with Crippen LogP contribution in [-0.2, 0) is 6.54 Å². The van der Waals surface area contributed by atoms with Crippen molar-refractivity contribution < 1.29 is 0 Å². The van der Waals surface area contributed by atoms with E-state index in [1.165, 1.54) is 5.56 Å². The Balaban J connectivity index is 2.04. The Hall–Kier alpha value is -2.29. The summed E-state index contributed by atoms with van der Waals surface area (Å²) in [6.07, 6.45) is 1.99. The molecule has 3 heteroatoms. The van der Waals surface area contributed by atoms with Gasteiger partial charge in [0.2, 0.25) is 0 Å². The number of nitrogens with one attached hydrogen (secondary N) is 1. The van der Waals surface area contributed by atoms with Gasteiger partial charge in [-0.15, -0.1) is 0 Å². The fourth-order valence-corrected chi connectivity index (χ4v) is 2.04. The van der Waals surface area contributed by atoms with Crippen LogP contribution in [0.5, 0.6) is 0 Å². The first-order valence-electron chi connectivity index (χ1n) is 5.55. The van der Waals surface area contributed by atoms with Gasteiger partial charge in [0.05, 0.1) is 11.4 Å². The standard InChI is InChI=1S/C14H12N2O/c17-14-9-13-12(15-14)7-4-8-16(13)10-11-5-2-1-3-6-11/h1-9H,10H2,(H,15,17). The van der Waals surface area contributed by atoms with E-state index in [1.54, 1.807) is 6.07 Å². The first-order chi connectivity index (χ1) is 8.33. The van der Waals surface area contributed by atoms with Crippen LogP contribution in [0.2, 0.25) is 0 Å². The van der Waals surface area contributed by atoms with Crippen molar-refractivity contribution in [2.24, 2.45) is 0 Å². The number of H-pyrrole nitrogens is 1. The van der Waals surface area contributed by atoms with Gasteiger partial charge in [-0.05, 0) is 17.7 Å². The van der Waals surface area contributed by atoms with Crippen LogP contribution in [0, 0.1) is 0 Å². The van der Waals surface area contributed by atoms with E-state index < -0.39 is 0 Å². The lowest BCUT2D eigenvalue weighted by atomic mass is 10.2. The smallest absolute Gasteiger partial charge is 0.250 e. The second-order valence-corrected chi connectivity index (χ2v) is 4.05. The molecule has 0 saturated carbocycles. The number of aromatic amines is 1. The fraction of sp³-hybridized carbons (Fsp3) is 0.0714. The predicted molar refractivity (Wildman–Crippen MR) is 67.2 cm³/mol. The first kappa shape index (κ1) is 9.90. The highest BCUT2D eigenvalue weighted by Gasteiger charge is 2.08. The molecule has 0 spiro atoms. The van der Waals surface area contributed by atoms with E-state index in [2.05, 4.69) is 21.7 Å². The number of hydrogen-bond donors (Lipinski definition) is 1. The van der Waals surface area contributed by atoms with E-state index in [0.717, 1.165) is 17.9 Å². The maximum atomic E-state index is 11.3. The molecule has 3 rings (SSSR count). The molecule has 0 unspecified atom stereocenters. The Morgan fingerprint density at radius 1 is 1.06 bits per heavy atom. The average Bonchev–Trinajstić information content (AvgIpc) is 2.72. The van der Waals surface area contributed by atoms with Crippen LogP contribution in [-0.4, -0.2) is 9.55 Å². The van der Waals surface area contributed by atoms with Gasteiger partial charge in [0, 0.05) is 18.8 Å². The third kappa shape index (κ3) is 1.87. The van der Waals surface area contributed by atoms with E-state index in [1.807, 2.05) is 36.5 Å². The molecule has 0 aromatic heterocycles. The Bertz CT molecular complexity index is 652. The van der Waals surface area contributed by atoms with Crippen LogP contribution >= 0.6 is 0 Å². The predicted octanol–water partition coefficient (Wildman–Crippen LogP) is 2.33. The van der Waals surface area contributed by atoms with Crippen molar-refractivity contribution in [2.45, 2.75) is 6.54 Å². The summed E-state index contributed by atoms with van der Waals surface area (Å²) in [6.45, 7) is 0.773. The van der Waals surface area contributed by atoms with E-state index >= 15 is 0 Å². The molecule has 1 N–H and O–H groups in total. The normalized spacial score (nSPS) is 10.8. The Morgan fingerprint density at radius 2 is 1.88 bits per heavy atom. The first-order valence-corrected chi connectivity index (χ1v) is 5.55. The SMILES string of the molecule is O=c1cc2n(Cc3ccccc3)cccc-2[nH]1. The van der Waals surface area contributed by atoms with Crippen LogP contribution < -0.4 is 5.56 Å². The maximum Gasteiger partial charge on any atom is 0.250 e. The molecule has 1 aromatic carbocycles. The number of fused-ring (bicyclic) bond motifs is 1. The lowest BCUT2D eigenvalue weighted by Crippen LogP contribution is -2.03. The van der Waals surface area contributed by atoms with Gasteiger partial charge in [0.1, 0.15) is 0 Å². The van der Waals surface area contributed by atoms with E-state index in [-0.39, 0.29) is 5.56 Å². The van der Waals surface area contributed by atoms with Crippen molar-refractivity contribution in [3.05, 3.63) is 70.6 Å². The zero-order valence-electron chi connectivity index (χ0n) is 9.26. The molecule has 17 heavy (non-hydrogen) atoms. The molecule has 2 heterocycles. The zero-order valence-corrected chi connectivity index (χ0v) is 9.26. The highest BCUT2D eigenvalue weighted by atomic mass is 16.1. The van der Waals surface area contributed by atoms with Crippen molar-refractivity contribution >= 4 is 0 Å². The summed E-state index contributed by atoms with van der Waals surface area (Å²) in [7, 11) is 0. The summed E-state index contributed by atoms with van der Waals surface area (Å²) in [6, 6.07) is 15.7. The molecule has 0 radical (unpaired) electrons. The van der Waals surface area contributed by atoms with Crippen molar-refractivity contribution in [1.82, 2.24) is 9.55 Å². The summed E-state index contributed by atoms with van der Waals surface area (Å²) in [5, 5.41) is 0. The maximum absolute atomic E-state index is 11.3. The van der Waals surface area contributed by atoms with Crippen LogP contribution in [0.25, 0.3) is 11.4 Å². The molecule has 2 aliphatic heterocycles.